The van der Waals surface area contributed by atoms with Gasteiger partial charge in [0.05, 0.1) is 33.1 Å². The molecule has 0 aliphatic carbocycles. The molecule has 0 N–H and O–H groups in total. The number of para-hydroxylation sites is 1. The average molecular weight is 337 g/mol. The molecule has 128 valence electrons. The molecule has 2 heterocycles. The summed E-state index contributed by atoms with van der Waals surface area (Å²) in [5.41, 5.74) is 2.77. The first kappa shape index (κ1) is 15.5. The van der Waals surface area contributed by atoms with Crippen molar-refractivity contribution in [2.24, 2.45) is 0 Å². The fraction of sp³-hybridized carbons (Fsp3) is 0.263. The number of aromatic nitrogens is 3. The molecule has 1 atom stereocenters. The van der Waals surface area contributed by atoms with Crippen LogP contribution in [0.25, 0.3) is 11.3 Å². The van der Waals surface area contributed by atoms with Crippen LogP contribution in [0.3, 0.4) is 0 Å². The summed E-state index contributed by atoms with van der Waals surface area (Å²) in [7, 11) is 3.32. The molecule has 0 amide bonds. The molecule has 1 aliphatic heterocycles. The van der Waals surface area contributed by atoms with Crippen molar-refractivity contribution in [2.45, 2.75) is 12.5 Å². The molecular formula is C19H19N3O3. The summed E-state index contributed by atoms with van der Waals surface area (Å²) < 4.78 is 18.4. The highest BCUT2D eigenvalue weighted by molar-refractivity contribution is 5.66. The number of fused-ring (bicyclic) bond motifs is 1. The average Bonchev–Trinajstić information content (AvgIpc) is 3.16. The van der Waals surface area contributed by atoms with Crippen molar-refractivity contribution < 1.29 is 14.2 Å². The molecule has 4 rings (SSSR count). The van der Waals surface area contributed by atoms with Gasteiger partial charge in [0.15, 0.2) is 0 Å². The van der Waals surface area contributed by atoms with Gasteiger partial charge in [0.1, 0.15) is 22.9 Å². The van der Waals surface area contributed by atoms with Gasteiger partial charge in [-0.1, -0.05) is 17.3 Å². The van der Waals surface area contributed by atoms with Crippen LogP contribution in [-0.2, 0) is 0 Å². The zero-order chi connectivity index (χ0) is 17.2. The highest BCUT2D eigenvalue weighted by Crippen LogP contribution is 2.37. The van der Waals surface area contributed by atoms with Gasteiger partial charge in [-0.3, -0.25) is 0 Å². The van der Waals surface area contributed by atoms with Crippen LogP contribution >= 0.6 is 0 Å². The van der Waals surface area contributed by atoms with E-state index in [4.69, 9.17) is 14.2 Å². The molecule has 2 aromatic carbocycles. The van der Waals surface area contributed by atoms with Crippen molar-refractivity contribution in [1.29, 1.82) is 0 Å². The molecule has 1 aromatic heterocycles. The van der Waals surface area contributed by atoms with Crippen molar-refractivity contribution >= 4 is 0 Å². The number of benzene rings is 2. The van der Waals surface area contributed by atoms with Crippen LogP contribution in [0.4, 0.5) is 0 Å². The van der Waals surface area contributed by atoms with E-state index in [1.165, 1.54) is 0 Å². The summed E-state index contributed by atoms with van der Waals surface area (Å²) in [6.45, 7) is 0.647. The Hall–Kier alpha value is -3.02. The van der Waals surface area contributed by atoms with Gasteiger partial charge < -0.3 is 14.2 Å². The van der Waals surface area contributed by atoms with E-state index in [1.807, 2.05) is 53.3 Å². The smallest absolute Gasteiger partial charge is 0.128 e. The number of hydrogen-bond donors (Lipinski definition) is 0. The first-order chi connectivity index (χ1) is 12.3. The highest BCUT2D eigenvalue weighted by atomic mass is 16.5. The van der Waals surface area contributed by atoms with Crippen LogP contribution in [0, 0.1) is 0 Å². The molecule has 0 saturated heterocycles. The van der Waals surface area contributed by atoms with E-state index in [0.717, 1.165) is 40.5 Å². The van der Waals surface area contributed by atoms with E-state index in [0.29, 0.717) is 6.61 Å². The summed E-state index contributed by atoms with van der Waals surface area (Å²) >= 11 is 0. The summed E-state index contributed by atoms with van der Waals surface area (Å²) in [6, 6.07) is 13.7. The molecule has 6 heteroatoms. The Morgan fingerprint density at radius 2 is 2.00 bits per heavy atom. The van der Waals surface area contributed by atoms with Crippen molar-refractivity contribution in [2.75, 3.05) is 20.8 Å². The van der Waals surface area contributed by atoms with Crippen LogP contribution in [0.1, 0.15) is 18.0 Å². The zero-order valence-corrected chi connectivity index (χ0v) is 14.2. The first-order valence-corrected chi connectivity index (χ1v) is 8.16. The third kappa shape index (κ3) is 2.80. The van der Waals surface area contributed by atoms with Gasteiger partial charge in [0.25, 0.3) is 0 Å². The number of methoxy groups -OCH3 is 2. The van der Waals surface area contributed by atoms with E-state index in [-0.39, 0.29) is 6.04 Å². The fourth-order valence-corrected chi connectivity index (χ4v) is 3.16. The minimum Gasteiger partial charge on any atom is -0.497 e. The van der Waals surface area contributed by atoms with Crippen molar-refractivity contribution in [3.05, 3.63) is 54.2 Å². The molecule has 25 heavy (non-hydrogen) atoms. The van der Waals surface area contributed by atoms with Crippen LogP contribution in [0.15, 0.2) is 48.7 Å². The second-order valence-electron chi connectivity index (χ2n) is 5.84. The Balaban J connectivity index is 1.72. The number of ether oxygens (including phenoxy) is 3. The van der Waals surface area contributed by atoms with E-state index in [9.17, 15) is 0 Å². The predicted octanol–water partition coefficient (Wildman–Crippen LogP) is 3.33. The third-order valence-corrected chi connectivity index (χ3v) is 4.44. The van der Waals surface area contributed by atoms with Gasteiger partial charge in [-0.15, -0.1) is 5.10 Å². The monoisotopic (exact) mass is 337 g/mol. The lowest BCUT2D eigenvalue weighted by atomic mass is 10.0. The Morgan fingerprint density at radius 3 is 2.84 bits per heavy atom. The van der Waals surface area contributed by atoms with Gasteiger partial charge in [0, 0.05) is 17.5 Å². The second-order valence-corrected chi connectivity index (χ2v) is 5.84. The SMILES string of the molecule is COc1ccc2c(c1)[C@H](n1cc(-c3ccccc3OC)nn1)CCO2. The summed E-state index contributed by atoms with van der Waals surface area (Å²) in [4.78, 5) is 0. The van der Waals surface area contributed by atoms with Gasteiger partial charge in [-0.05, 0) is 30.3 Å². The Labute approximate surface area is 146 Å². The molecule has 0 saturated carbocycles. The Kier molecular flexibility index (Phi) is 4.01. The minimum absolute atomic E-state index is 0.0646. The maximum Gasteiger partial charge on any atom is 0.128 e. The second kappa shape index (κ2) is 6.47. The maximum absolute atomic E-state index is 5.77. The lowest BCUT2D eigenvalue weighted by molar-refractivity contribution is 0.248. The van der Waals surface area contributed by atoms with Crippen LogP contribution in [-0.4, -0.2) is 35.8 Å². The van der Waals surface area contributed by atoms with Crippen LogP contribution in [0.5, 0.6) is 17.2 Å². The molecule has 0 radical (unpaired) electrons. The molecular weight excluding hydrogens is 318 g/mol. The minimum atomic E-state index is 0.0646. The molecule has 1 aliphatic rings. The topological polar surface area (TPSA) is 58.4 Å². The van der Waals surface area contributed by atoms with E-state index in [2.05, 4.69) is 10.3 Å². The first-order valence-electron chi connectivity index (χ1n) is 8.16. The van der Waals surface area contributed by atoms with Gasteiger partial charge in [-0.2, -0.15) is 0 Å². The molecule has 0 fully saturated rings. The maximum atomic E-state index is 5.77. The molecule has 0 unspecified atom stereocenters. The van der Waals surface area contributed by atoms with Gasteiger partial charge >= 0.3 is 0 Å². The summed E-state index contributed by atoms with van der Waals surface area (Å²) in [6.07, 6.45) is 2.78. The van der Waals surface area contributed by atoms with Gasteiger partial charge in [0.2, 0.25) is 0 Å². The molecule has 6 nitrogen and oxygen atoms in total. The van der Waals surface area contributed by atoms with E-state index < -0.39 is 0 Å². The van der Waals surface area contributed by atoms with Crippen LogP contribution < -0.4 is 14.2 Å². The summed E-state index contributed by atoms with van der Waals surface area (Å²) in [5, 5.41) is 8.71. The number of rotatable bonds is 4. The molecule has 3 aromatic rings. The standard InChI is InChI=1S/C19H19N3O3/c1-23-13-7-8-19-15(11-13)17(9-10-25-19)22-12-16(20-21-22)14-5-3-4-6-18(14)24-2/h3-8,11-12,17H,9-10H2,1-2H3/t17-/m1/s1. The Morgan fingerprint density at radius 1 is 1.12 bits per heavy atom. The van der Waals surface area contributed by atoms with Crippen molar-refractivity contribution in [3.8, 4) is 28.5 Å². The van der Waals surface area contributed by atoms with Crippen molar-refractivity contribution in [3.63, 3.8) is 0 Å². The number of nitrogens with zero attached hydrogens (tertiary/aromatic N) is 3. The quantitative estimate of drug-likeness (QED) is 0.731. The fourth-order valence-electron chi connectivity index (χ4n) is 3.16. The normalized spacial score (nSPS) is 16.0. The van der Waals surface area contributed by atoms with E-state index >= 15 is 0 Å². The van der Waals surface area contributed by atoms with Crippen LogP contribution in [0.2, 0.25) is 0 Å². The molecule has 0 spiro atoms. The Bertz CT molecular complexity index is 891. The van der Waals surface area contributed by atoms with Crippen molar-refractivity contribution in [1.82, 2.24) is 15.0 Å². The molecule has 0 bridgehead atoms. The third-order valence-electron chi connectivity index (χ3n) is 4.44. The predicted molar refractivity (Wildman–Crippen MR) is 93.3 cm³/mol. The van der Waals surface area contributed by atoms with E-state index in [1.54, 1.807) is 14.2 Å². The summed E-state index contributed by atoms with van der Waals surface area (Å²) in [5.74, 6) is 2.45. The van der Waals surface area contributed by atoms with Gasteiger partial charge in [-0.25, -0.2) is 4.68 Å². The zero-order valence-electron chi connectivity index (χ0n) is 14.2. The lowest BCUT2D eigenvalue weighted by Crippen LogP contribution is -2.20. The highest BCUT2D eigenvalue weighted by Gasteiger charge is 2.25. The lowest BCUT2D eigenvalue weighted by Gasteiger charge is -2.26. The number of hydrogen-bond acceptors (Lipinski definition) is 5. The largest absolute Gasteiger partial charge is 0.497 e.